The van der Waals surface area contributed by atoms with Gasteiger partial charge in [-0.25, -0.2) is 24.5 Å². The van der Waals surface area contributed by atoms with Crippen LogP contribution in [-0.4, -0.2) is 19.5 Å². The minimum Gasteiger partial charge on any atom is -0.401 e. The van der Waals surface area contributed by atoms with Gasteiger partial charge in [-0.15, -0.1) is 0 Å². The Morgan fingerprint density at radius 1 is 1.00 bits per heavy atom. The molecule has 0 aliphatic heterocycles. The SMILES string of the molecule is Cn1cc(-c2nc3c(c(=O)o2)C=CCC3)nc1-c1nc2ccccc2c(=O)o1. The third-order valence-electron chi connectivity index (χ3n) is 4.61. The van der Waals surface area contributed by atoms with E-state index in [1.165, 1.54) is 0 Å². The molecule has 8 heteroatoms. The molecule has 0 atom stereocenters. The van der Waals surface area contributed by atoms with Crippen molar-refractivity contribution < 1.29 is 8.83 Å². The Labute approximate surface area is 157 Å². The summed E-state index contributed by atoms with van der Waals surface area (Å²) in [5.74, 6) is 0.546. The molecule has 0 unspecified atom stereocenters. The Morgan fingerprint density at radius 2 is 1.82 bits per heavy atom. The highest BCUT2D eigenvalue weighted by Crippen LogP contribution is 2.24. The van der Waals surface area contributed by atoms with Crippen LogP contribution < -0.4 is 11.3 Å². The molecule has 0 saturated heterocycles. The number of aromatic nitrogens is 4. The topological polar surface area (TPSA) is 104 Å². The van der Waals surface area contributed by atoms with Gasteiger partial charge in [0.1, 0.15) is 5.69 Å². The summed E-state index contributed by atoms with van der Waals surface area (Å²) >= 11 is 0. The van der Waals surface area contributed by atoms with Gasteiger partial charge in [-0.1, -0.05) is 18.2 Å². The van der Waals surface area contributed by atoms with Gasteiger partial charge in [0, 0.05) is 13.2 Å². The van der Waals surface area contributed by atoms with Gasteiger partial charge in [0.25, 0.3) is 11.8 Å². The molecule has 0 radical (unpaired) electrons. The number of para-hydroxylation sites is 1. The lowest BCUT2D eigenvalue weighted by Crippen LogP contribution is -2.13. The second kappa shape index (κ2) is 6.12. The van der Waals surface area contributed by atoms with Gasteiger partial charge in [-0.2, -0.15) is 0 Å². The van der Waals surface area contributed by atoms with Gasteiger partial charge in [0.05, 0.1) is 22.2 Å². The fourth-order valence-electron chi connectivity index (χ4n) is 3.23. The van der Waals surface area contributed by atoms with Crippen molar-refractivity contribution in [2.24, 2.45) is 7.05 Å². The zero-order chi connectivity index (χ0) is 19.3. The van der Waals surface area contributed by atoms with Crippen molar-refractivity contribution in [2.45, 2.75) is 12.8 Å². The van der Waals surface area contributed by atoms with Crippen molar-refractivity contribution in [3.05, 3.63) is 68.6 Å². The minimum atomic E-state index is -0.490. The summed E-state index contributed by atoms with van der Waals surface area (Å²) in [5, 5.41) is 0.399. The van der Waals surface area contributed by atoms with Crippen molar-refractivity contribution in [3.8, 4) is 23.3 Å². The summed E-state index contributed by atoms with van der Waals surface area (Å²) in [5.41, 5.74) is 1.12. The molecule has 5 rings (SSSR count). The number of aryl methyl sites for hydroxylation is 2. The molecule has 3 heterocycles. The van der Waals surface area contributed by atoms with Crippen molar-refractivity contribution in [3.63, 3.8) is 0 Å². The molecule has 0 bridgehead atoms. The van der Waals surface area contributed by atoms with E-state index in [1.54, 1.807) is 48.2 Å². The molecule has 0 N–H and O–H groups in total. The first-order valence-electron chi connectivity index (χ1n) is 8.75. The maximum atomic E-state index is 12.2. The van der Waals surface area contributed by atoms with Gasteiger partial charge in [-0.3, -0.25) is 0 Å². The largest absolute Gasteiger partial charge is 0.401 e. The normalized spacial score (nSPS) is 13.0. The number of fused-ring (bicyclic) bond motifs is 2. The predicted molar refractivity (Wildman–Crippen MR) is 102 cm³/mol. The molecule has 4 aromatic rings. The summed E-state index contributed by atoms with van der Waals surface area (Å²) in [4.78, 5) is 37.8. The summed E-state index contributed by atoms with van der Waals surface area (Å²) in [7, 11) is 1.74. The van der Waals surface area contributed by atoms with Crippen LogP contribution in [0.3, 0.4) is 0 Å². The molecule has 138 valence electrons. The van der Waals surface area contributed by atoms with E-state index in [9.17, 15) is 9.59 Å². The molecule has 0 amide bonds. The van der Waals surface area contributed by atoms with Crippen LogP contribution in [0.15, 0.2) is 55.0 Å². The average molecular weight is 374 g/mol. The number of hydrogen-bond donors (Lipinski definition) is 0. The van der Waals surface area contributed by atoms with Crippen LogP contribution in [0.4, 0.5) is 0 Å². The van der Waals surface area contributed by atoms with E-state index >= 15 is 0 Å². The molecule has 0 spiro atoms. The van der Waals surface area contributed by atoms with E-state index < -0.39 is 11.3 Å². The maximum Gasteiger partial charge on any atom is 0.347 e. The molecule has 0 fully saturated rings. The fraction of sp³-hybridized carbons (Fsp3) is 0.150. The summed E-state index contributed by atoms with van der Waals surface area (Å²) in [6, 6.07) is 6.93. The Bertz CT molecular complexity index is 1380. The van der Waals surface area contributed by atoms with Crippen LogP contribution in [0, 0.1) is 0 Å². The highest BCUT2D eigenvalue weighted by Gasteiger charge is 2.20. The zero-order valence-corrected chi connectivity index (χ0v) is 14.9. The predicted octanol–water partition coefficient (Wildman–Crippen LogP) is 2.56. The molecule has 0 saturated carbocycles. The number of rotatable bonds is 2. The smallest absolute Gasteiger partial charge is 0.347 e. The summed E-state index contributed by atoms with van der Waals surface area (Å²) in [6.45, 7) is 0. The average Bonchev–Trinajstić information content (AvgIpc) is 3.10. The van der Waals surface area contributed by atoms with E-state index in [2.05, 4.69) is 15.0 Å². The van der Waals surface area contributed by atoms with Crippen molar-refractivity contribution >= 4 is 17.0 Å². The highest BCUT2D eigenvalue weighted by atomic mass is 16.4. The molecule has 1 aliphatic carbocycles. The van der Waals surface area contributed by atoms with Gasteiger partial charge >= 0.3 is 11.3 Å². The van der Waals surface area contributed by atoms with Crippen molar-refractivity contribution in [1.82, 2.24) is 19.5 Å². The number of hydrogen-bond acceptors (Lipinski definition) is 7. The zero-order valence-electron chi connectivity index (χ0n) is 14.9. The number of imidazole rings is 1. The van der Waals surface area contributed by atoms with E-state index in [0.29, 0.717) is 40.1 Å². The quantitative estimate of drug-likeness (QED) is 0.531. The molecule has 3 aromatic heterocycles. The van der Waals surface area contributed by atoms with Gasteiger partial charge in [0.2, 0.25) is 0 Å². The molecular weight excluding hydrogens is 360 g/mol. The van der Waals surface area contributed by atoms with E-state index in [4.69, 9.17) is 8.83 Å². The number of benzene rings is 1. The first-order chi connectivity index (χ1) is 13.6. The van der Waals surface area contributed by atoms with Crippen molar-refractivity contribution in [2.75, 3.05) is 0 Å². The Morgan fingerprint density at radius 3 is 2.71 bits per heavy atom. The lowest BCUT2D eigenvalue weighted by Gasteiger charge is -2.07. The van der Waals surface area contributed by atoms with E-state index in [1.807, 2.05) is 6.08 Å². The number of allylic oxidation sites excluding steroid dienone is 1. The maximum absolute atomic E-state index is 12.2. The van der Waals surface area contributed by atoms with Crippen LogP contribution in [0.2, 0.25) is 0 Å². The third kappa shape index (κ3) is 2.58. The lowest BCUT2D eigenvalue weighted by atomic mass is 10.1. The molecule has 8 nitrogen and oxygen atoms in total. The van der Waals surface area contributed by atoms with Crippen molar-refractivity contribution in [1.29, 1.82) is 0 Å². The van der Waals surface area contributed by atoms with Crippen LogP contribution in [0.1, 0.15) is 17.7 Å². The van der Waals surface area contributed by atoms with Crippen LogP contribution in [0.25, 0.3) is 40.3 Å². The second-order valence-electron chi connectivity index (χ2n) is 6.49. The number of nitrogens with zero attached hydrogens (tertiary/aromatic N) is 4. The van der Waals surface area contributed by atoms with Gasteiger partial charge in [-0.05, 0) is 31.1 Å². The monoisotopic (exact) mass is 374 g/mol. The highest BCUT2D eigenvalue weighted by molar-refractivity contribution is 5.78. The molecule has 1 aliphatic rings. The lowest BCUT2D eigenvalue weighted by molar-refractivity contribution is 0.497. The third-order valence-corrected chi connectivity index (χ3v) is 4.61. The van der Waals surface area contributed by atoms with Gasteiger partial charge in [0.15, 0.2) is 5.82 Å². The van der Waals surface area contributed by atoms with Crippen LogP contribution in [-0.2, 0) is 13.5 Å². The molecule has 28 heavy (non-hydrogen) atoms. The van der Waals surface area contributed by atoms with E-state index in [0.717, 1.165) is 6.42 Å². The molecular formula is C20H14N4O4. The standard InChI is InChI=1S/C20H14N4O4/c1-24-10-15(17-22-13-8-4-2-6-11(13)19(25)27-17)21-16(24)18-23-14-9-5-3-7-12(14)20(26)28-18/h2-3,5-7,9-10H,4,8H2,1H3. The van der Waals surface area contributed by atoms with E-state index in [-0.39, 0.29) is 11.8 Å². The molecule has 1 aromatic carbocycles. The Hall–Kier alpha value is -3.81. The first kappa shape index (κ1) is 16.4. The van der Waals surface area contributed by atoms with Crippen LogP contribution >= 0.6 is 0 Å². The minimum absolute atomic E-state index is 0.0840. The summed E-state index contributed by atoms with van der Waals surface area (Å²) < 4.78 is 12.4. The Balaban J connectivity index is 1.64. The summed E-state index contributed by atoms with van der Waals surface area (Å²) in [6.07, 6.45) is 6.81. The Kier molecular flexibility index (Phi) is 3.58. The van der Waals surface area contributed by atoms with Gasteiger partial charge < -0.3 is 13.4 Å². The fourth-order valence-corrected chi connectivity index (χ4v) is 3.23. The first-order valence-corrected chi connectivity index (χ1v) is 8.75. The van der Waals surface area contributed by atoms with Crippen LogP contribution in [0.5, 0.6) is 0 Å². The second-order valence-corrected chi connectivity index (χ2v) is 6.49.